The molecule has 1 aromatic heterocycles. The maximum Gasteiger partial charge on any atom is 0.141 e. The monoisotopic (exact) mass is 205 g/mol. The van der Waals surface area contributed by atoms with Crippen LogP contribution in [-0.4, -0.2) is 10.8 Å². The summed E-state index contributed by atoms with van der Waals surface area (Å²) in [6.45, 7) is 1.88. The fourth-order valence-electron chi connectivity index (χ4n) is 0.763. The summed E-state index contributed by atoms with van der Waals surface area (Å²) in [5, 5.41) is 7.46. The van der Waals surface area contributed by atoms with Gasteiger partial charge in [0, 0.05) is 0 Å². The van der Waals surface area contributed by atoms with E-state index in [1.807, 2.05) is 6.92 Å². The zero-order valence-electron chi connectivity index (χ0n) is 6.47. The summed E-state index contributed by atoms with van der Waals surface area (Å²) in [7, 11) is 0. The molecule has 3 nitrogen and oxygen atoms in total. The van der Waals surface area contributed by atoms with Crippen molar-refractivity contribution in [1.82, 2.24) is 4.98 Å². The van der Waals surface area contributed by atoms with Gasteiger partial charge in [-0.25, -0.2) is 4.98 Å². The van der Waals surface area contributed by atoms with Crippen molar-refractivity contribution in [1.29, 1.82) is 5.41 Å². The number of nitrogens with two attached hydrogens (primary N) is 1. The molecule has 0 aliphatic heterocycles. The second-order valence-electron chi connectivity index (χ2n) is 2.27. The molecule has 0 radical (unpaired) electrons. The van der Waals surface area contributed by atoms with Gasteiger partial charge in [-0.3, -0.25) is 5.41 Å². The highest BCUT2D eigenvalue weighted by atomic mass is 35.5. The number of nitrogens with one attached hydrogen (secondary N) is 1. The lowest BCUT2D eigenvalue weighted by atomic mass is 10.2. The molecule has 0 aromatic carbocycles. The molecule has 0 saturated heterocycles. The molecule has 1 heterocycles. The van der Waals surface area contributed by atoms with Gasteiger partial charge in [0.1, 0.15) is 16.7 Å². The van der Waals surface area contributed by atoms with Gasteiger partial charge in [-0.1, -0.05) is 11.6 Å². The predicted molar refractivity (Wildman–Crippen MR) is 52.2 cm³/mol. The zero-order valence-corrected chi connectivity index (χ0v) is 8.04. The summed E-state index contributed by atoms with van der Waals surface area (Å²) >= 11 is 5.63. The topological polar surface area (TPSA) is 62.8 Å². The van der Waals surface area contributed by atoms with E-state index in [0.717, 1.165) is 5.56 Å². The lowest BCUT2D eigenvalue weighted by Gasteiger charge is -1.99. The van der Waals surface area contributed by atoms with Gasteiger partial charge in [0.15, 0.2) is 0 Å². The molecule has 1 rings (SSSR count). The first kappa shape index (κ1) is 11.2. The van der Waals surface area contributed by atoms with E-state index in [1.54, 1.807) is 12.1 Å². The van der Waals surface area contributed by atoms with Crippen molar-refractivity contribution >= 4 is 29.8 Å². The van der Waals surface area contributed by atoms with Gasteiger partial charge in [0.05, 0.1) is 0 Å². The standard InChI is InChI=1S/C7H8ClN3.ClH/c1-4-2-5(7(9)10)11-6(8)3-4;/h2-3H,1H3,(H3,9,10);1H. The van der Waals surface area contributed by atoms with E-state index in [9.17, 15) is 0 Å². The number of amidine groups is 1. The quantitative estimate of drug-likeness (QED) is 0.417. The van der Waals surface area contributed by atoms with Crippen molar-refractivity contribution in [2.24, 2.45) is 5.73 Å². The van der Waals surface area contributed by atoms with Gasteiger partial charge in [-0.2, -0.15) is 0 Å². The molecule has 0 saturated carbocycles. The van der Waals surface area contributed by atoms with Crippen molar-refractivity contribution in [3.05, 3.63) is 28.5 Å². The minimum atomic E-state index is -0.0596. The molecule has 12 heavy (non-hydrogen) atoms. The Kier molecular flexibility index (Phi) is 4.00. The fraction of sp³-hybridized carbons (Fsp3) is 0.143. The summed E-state index contributed by atoms with van der Waals surface area (Å²) in [6.07, 6.45) is 0. The first-order valence-electron chi connectivity index (χ1n) is 3.08. The minimum Gasteiger partial charge on any atom is -0.382 e. The number of aromatic nitrogens is 1. The molecule has 0 unspecified atom stereocenters. The average molecular weight is 206 g/mol. The third-order valence-electron chi connectivity index (χ3n) is 1.21. The summed E-state index contributed by atoms with van der Waals surface area (Å²) in [4.78, 5) is 3.85. The summed E-state index contributed by atoms with van der Waals surface area (Å²) < 4.78 is 0. The van der Waals surface area contributed by atoms with Crippen LogP contribution in [0.2, 0.25) is 5.15 Å². The van der Waals surface area contributed by atoms with Gasteiger partial charge in [0.25, 0.3) is 0 Å². The van der Waals surface area contributed by atoms with E-state index in [2.05, 4.69) is 4.98 Å². The largest absolute Gasteiger partial charge is 0.382 e. The highest BCUT2D eigenvalue weighted by Gasteiger charge is 1.99. The van der Waals surface area contributed by atoms with Crippen LogP contribution in [0.3, 0.4) is 0 Å². The number of aryl methyl sites for hydroxylation is 1. The Hall–Kier alpha value is -0.800. The van der Waals surface area contributed by atoms with Gasteiger partial charge < -0.3 is 5.73 Å². The van der Waals surface area contributed by atoms with Crippen molar-refractivity contribution in [3.8, 4) is 0 Å². The molecule has 0 fully saturated rings. The Morgan fingerprint density at radius 2 is 2.17 bits per heavy atom. The van der Waals surface area contributed by atoms with Crippen LogP contribution < -0.4 is 5.73 Å². The molecule has 66 valence electrons. The highest BCUT2D eigenvalue weighted by molar-refractivity contribution is 6.29. The molecule has 5 heteroatoms. The smallest absolute Gasteiger partial charge is 0.141 e. The van der Waals surface area contributed by atoms with Gasteiger partial charge >= 0.3 is 0 Å². The molecule has 1 aromatic rings. The van der Waals surface area contributed by atoms with Crippen molar-refractivity contribution in [2.75, 3.05) is 0 Å². The van der Waals surface area contributed by atoms with Gasteiger partial charge in [0.2, 0.25) is 0 Å². The van der Waals surface area contributed by atoms with Crippen LogP contribution in [-0.2, 0) is 0 Å². The molecule has 0 aliphatic rings. The number of hydrogen-bond acceptors (Lipinski definition) is 2. The van der Waals surface area contributed by atoms with Crippen LogP contribution in [0, 0.1) is 12.3 Å². The van der Waals surface area contributed by atoms with E-state index >= 15 is 0 Å². The van der Waals surface area contributed by atoms with Crippen LogP contribution in [0.4, 0.5) is 0 Å². The van der Waals surface area contributed by atoms with Crippen LogP contribution in [0.1, 0.15) is 11.3 Å². The number of nitrogens with zero attached hydrogens (tertiary/aromatic N) is 1. The minimum absolute atomic E-state index is 0. The first-order valence-corrected chi connectivity index (χ1v) is 3.46. The predicted octanol–water partition coefficient (Wildman–Crippen LogP) is 1.75. The Morgan fingerprint density at radius 1 is 1.58 bits per heavy atom. The van der Waals surface area contributed by atoms with Crippen LogP contribution >= 0.6 is 24.0 Å². The van der Waals surface area contributed by atoms with Gasteiger partial charge in [-0.05, 0) is 24.6 Å². The maximum absolute atomic E-state index is 7.09. The Labute approximate surface area is 81.9 Å². The summed E-state index contributed by atoms with van der Waals surface area (Å²) in [5.41, 5.74) is 6.59. The van der Waals surface area contributed by atoms with E-state index in [1.165, 1.54) is 0 Å². The zero-order chi connectivity index (χ0) is 8.43. The number of pyridine rings is 1. The van der Waals surface area contributed by atoms with E-state index in [0.29, 0.717) is 10.8 Å². The molecular formula is C7H9Cl2N3. The second-order valence-corrected chi connectivity index (χ2v) is 2.65. The SMILES string of the molecule is Cc1cc(Cl)nc(C(=N)N)c1.Cl. The summed E-state index contributed by atoms with van der Waals surface area (Å²) in [5.74, 6) is -0.0596. The Morgan fingerprint density at radius 3 is 2.58 bits per heavy atom. The molecular weight excluding hydrogens is 197 g/mol. The molecule has 0 spiro atoms. The van der Waals surface area contributed by atoms with Crippen LogP contribution in [0.25, 0.3) is 0 Å². The third-order valence-corrected chi connectivity index (χ3v) is 1.41. The molecule has 0 bridgehead atoms. The van der Waals surface area contributed by atoms with Gasteiger partial charge in [-0.15, -0.1) is 12.4 Å². The first-order chi connectivity index (χ1) is 5.09. The summed E-state index contributed by atoms with van der Waals surface area (Å²) in [6, 6.07) is 3.43. The Balaban J connectivity index is 0.00000121. The Bertz CT molecular complexity index is 278. The third kappa shape index (κ3) is 2.68. The number of hydrogen-bond donors (Lipinski definition) is 2. The van der Waals surface area contributed by atoms with E-state index in [-0.39, 0.29) is 18.2 Å². The molecule has 0 atom stereocenters. The van der Waals surface area contributed by atoms with E-state index < -0.39 is 0 Å². The number of rotatable bonds is 1. The van der Waals surface area contributed by atoms with Crippen LogP contribution in [0.15, 0.2) is 12.1 Å². The van der Waals surface area contributed by atoms with Crippen molar-refractivity contribution in [2.45, 2.75) is 6.92 Å². The lowest BCUT2D eigenvalue weighted by Crippen LogP contribution is -2.13. The highest BCUT2D eigenvalue weighted by Crippen LogP contribution is 2.08. The van der Waals surface area contributed by atoms with Crippen LogP contribution in [0.5, 0.6) is 0 Å². The molecule has 3 N–H and O–H groups in total. The average Bonchev–Trinajstić information content (AvgIpc) is 1.85. The molecule has 0 amide bonds. The lowest BCUT2D eigenvalue weighted by molar-refractivity contribution is 1.23. The van der Waals surface area contributed by atoms with Crippen molar-refractivity contribution in [3.63, 3.8) is 0 Å². The van der Waals surface area contributed by atoms with Crippen molar-refractivity contribution < 1.29 is 0 Å². The van der Waals surface area contributed by atoms with E-state index in [4.69, 9.17) is 22.7 Å². The number of nitrogen functional groups attached to an aromatic ring is 1. The fourth-order valence-corrected chi connectivity index (χ4v) is 1.03. The maximum atomic E-state index is 7.09. The normalized spacial score (nSPS) is 8.83. The second kappa shape index (κ2) is 4.28. The molecule has 0 aliphatic carbocycles. The number of halogens is 2.